The predicted octanol–water partition coefficient (Wildman–Crippen LogP) is 3.44. The van der Waals surface area contributed by atoms with E-state index in [0.29, 0.717) is 12.3 Å². The van der Waals surface area contributed by atoms with Crippen molar-refractivity contribution in [3.63, 3.8) is 0 Å². The Morgan fingerprint density at radius 1 is 1.31 bits per heavy atom. The average Bonchev–Trinajstić information content (AvgIpc) is 2.71. The number of hydrogen-bond acceptors (Lipinski definition) is 3. The Morgan fingerprint density at radius 2 is 2.12 bits per heavy atom. The van der Waals surface area contributed by atoms with E-state index in [1.807, 2.05) is 30.3 Å². The molecule has 0 bridgehead atoms. The molecular formula is C12H12BrNO2. The molecule has 2 rings (SSSR count). The van der Waals surface area contributed by atoms with E-state index in [2.05, 4.69) is 15.9 Å². The van der Waals surface area contributed by atoms with Crippen LogP contribution in [0.4, 0.5) is 5.69 Å². The monoisotopic (exact) mass is 281 g/mol. The van der Waals surface area contributed by atoms with Gasteiger partial charge in [-0.3, -0.25) is 0 Å². The van der Waals surface area contributed by atoms with Crippen molar-refractivity contribution >= 4 is 21.6 Å². The summed E-state index contributed by atoms with van der Waals surface area (Å²) in [7, 11) is 1.64. The first-order valence-electron chi connectivity index (χ1n) is 4.84. The van der Waals surface area contributed by atoms with Crippen molar-refractivity contribution in [3.05, 3.63) is 40.6 Å². The number of furan rings is 1. The first kappa shape index (κ1) is 11.2. The summed E-state index contributed by atoms with van der Waals surface area (Å²) in [5, 5.41) is 0. The van der Waals surface area contributed by atoms with Crippen LogP contribution in [0.15, 0.2) is 39.2 Å². The Hall–Kier alpha value is -1.26. The molecule has 84 valence electrons. The van der Waals surface area contributed by atoms with E-state index >= 15 is 0 Å². The standard InChI is InChI=1S/C12H12BrNO2/c1-15-7-9-3-5-12(16-9)8-2-4-11(14)10(13)6-8/h2-6H,7,14H2,1H3. The highest BCUT2D eigenvalue weighted by molar-refractivity contribution is 9.10. The third-order valence-electron chi connectivity index (χ3n) is 2.23. The molecule has 0 atom stereocenters. The number of nitrogen functional groups attached to an aromatic ring is 1. The molecule has 0 amide bonds. The van der Waals surface area contributed by atoms with E-state index in [9.17, 15) is 0 Å². The van der Waals surface area contributed by atoms with Gasteiger partial charge in [-0.15, -0.1) is 0 Å². The van der Waals surface area contributed by atoms with Gasteiger partial charge < -0.3 is 14.9 Å². The zero-order chi connectivity index (χ0) is 11.5. The lowest BCUT2D eigenvalue weighted by molar-refractivity contribution is 0.165. The van der Waals surface area contributed by atoms with Gasteiger partial charge in [-0.2, -0.15) is 0 Å². The second kappa shape index (κ2) is 4.72. The zero-order valence-corrected chi connectivity index (χ0v) is 10.5. The van der Waals surface area contributed by atoms with Crippen LogP contribution in [-0.2, 0) is 11.3 Å². The van der Waals surface area contributed by atoms with Crippen LogP contribution in [0.1, 0.15) is 5.76 Å². The molecular weight excluding hydrogens is 270 g/mol. The second-order valence-corrected chi connectivity index (χ2v) is 4.29. The highest BCUT2D eigenvalue weighted by Gasteiger charge is 2.06. The first-order valence-corrected chi connectivity index (χ1v) is 5.63. The number of methoxy groups -OCH3 is 1. The fourth-order valence-electron chi connectivity index (χ4n) is 1.43. The average molecular weight is 282 g/mol. The Labute approximate surface area is 102 Å². The fourth-order valence-corrected chi connectivity index (χ4v) is 1.81. The summed E-state index contributed by atoms with van der Waals surface area (Å²) in [4.78, 5) is 0. The minimum absolute atomic E-state index is 0.482. The van der Waals surface area contributed by atoms with Crippen molar-refractivity contribution < 1.29 is 9.15 Å². The largest absolute Gasteiger partial charge is 0.459 e. The minimum Gasteiger partial charge on any atom is -0.459 e. The molecule has 2 aromatic rings. The van der Waals surface area contributed by atoms with Crippen LogP contribution < -0.4 is 5.73 Å². The summed E-state index contributed by atoms with van der Waals surface area (Å²) in [6.07, 6.45) is 0. The number of rotatable bonds is 3. The zero-order valence-electron chi connectivity index (χ0n) is 8.87. The van der Waals surface area contributed by atoms with Gasteiger partial charge in [0.1, 0.15) is 18.1 Å². The molecule has 0 unspecified atom stereocenters. The van der Waals surface area contributed by atoms with Crippen molar-refractivity contribution in [1.82, 2.24) is 0 Å². The molecule has 1 heterocycles. The molecule has 16 heavy (non-hydrogen) atoms. The Balaban J connectivity index is 2.31. The Morgan fingerprint density at radius 3 is 2.81 bits per heavy atom. The quantitative estimate of drug-likeness (QED) is 0.877. The van der Waals surface area contributed by atoms with E-state index in [4.69, 9.17) is 14.9 Å². The Kier molecular flexibility index (Phi) is 3.31. The number of ether oxygens (including phenoxy) is 1. The molecule has 0 fully saturated rings. The fraction of sp³-hybridized carbons (Fsp3) is 0.167. The van der Waals surface area contributed by atoms with Crippen LogP contribution in [0.2, 0.25) is 0 Å². The number of halogens is 1. The molecule has 0 saturated carbocycles. The van der Waals surface area contributed by atoms with E-state index in [1.54, 1.807) is 7.11 Å². The number of anilines is 1. The maximum absolute atomic E-state index is 5.72. The van der Waals surface area contributed by atoms with E-state index < -0.39 is 0 Å². The van der Waals surface area contributed by atoms with Gasteiger partial charge in [0.25, 0.3) is 0 Å². The maximum Gasteiger partial charge on any atom is 0.134 e. The van der Waals surface area contributed by atoms with Gasteiger partial charge in [0.05, 0.1) is 0 Å². The summed E-state index contributed by atoms with van der Waals surface area (Å²) in [5.74, 6) is 1.62. The lowest BCUT2D eigenvalue weighted by Crippen LogP contribution is -1.86. The van der Waals surface area contributed by atoms with Crippen LogP contribution in [0, 0.1) is 0 Å². The lowest BCUT2D eigenvalue weighted by Gasteiger charge is -2.01. The first-order chi connectivity index (χ1) is 7.70. The van der Waals surface area contributed by atoms with Crippen molar-refractivity contribution in [1.29, 1.82) is 0 Å². The van der Waals surface area contributed by atoms with Gasteiger partial charge in [-0.25, -0.2) is 0 Å². The van der Waals surface area contributed by atoms with Crippen LogP contribution in [-0.4, -0.2) is 7.11 Å². The summed E-state index contributed by atoms with van der Waals surface area (Å²) >= 11 is 3.39. The van der Waals surface area contributed by atoms with Crippen molar-refractivity contribution in [2.75, 3.05) is 12.8 Å². The minimum atomic E-state index is 0.482. The van der Waals surface area contributed by atoms with Gasteiger partial charge in [0.2, 0.25) is 0 Å². The molecule has 0 aliphatic rings. The maximum atomic E-state index is 5.72. The van der Waals surface area contributed by atoms with Crippen molar-refractivity contribution in [2.24, 2.45) is 0 Å². The molecule has 2 N–H and O–H groups in total. The molecule has 1 aromatic heterocycles. The predicted molar refractivity (Wildman–Crippen MR) is 67.0 cm³/mol. The highest BCUT2D eigenvalue weighted by atomic mass is 79.9. The summed E-state index contributed by atoms with van der Waals surface area (Å²) < 4.78 is 11.5. The third kappa shape index (κ3) is 2.28. The molecule has 0 radical (unpaired) electrons. The normalized spacial score (nSPS) is 10.6. The van der Waals surface area contributed by atoms with E-state index in [1.165, 1.54) is 0 Å². The van der Waals surface area contributed by atoms with Crippen LogP contribution in [0.3, 0.4) is 0 Å². The molecule has 4 heteroatoms. The third-order valence-corrected chi connectivity index (χ3v) is 2.92. The van der Waals surface area contributed by atoms with Crippen LogP contribution >= 0.6 is 15.9 Å². The van der Waals surface area contributed by atoms with Gasteiger partial charge in [-0.1, -0.05) is 0 Å². The van der Waals surface area contributed by atoms with E-state index in [-0.39, 0.29) is 0 Å². The van der Waals surface area contributed by atoms with E-state index in [0.717, 1.165) is 21.6 Å². The van der Waals surface area contributed by atoms with Crippen molar-refractivity contribution in [3.8, 4) is 11.3 Å². The number of hydrogen-bond donors (Lipinski definition) is 1. The Bertz CT molecular complexity index is 494. The molecule has 0 spiro atoms. The highest BCUT2D eigenvalue weighted by Crippen LogP contribution is 2.28. The summed E-state index contributed by atoms with van der Waals surface area (Å²) in [6, 6.07) is 9.54. The van der Waals surface area contributed by atoms with Crippen LogP contribution in [0.5, 0.6) is 0 Å². The summed E-state index contributed by atoms with van der Waals surface area (Å²) in [6.45, 7) is 0.482. The lowest BCUT2D eigenvalue weighted by atomic mass is 10.1. The van der Waals surface area contributed by atoms with Gasteiger partial charge in [-0.05, 0) is 46.3 Å². The summed E-state index contributed by atoms with van der Waals surface area (Å²) in [5.41, 5.74) is 7.43. The number of benzene rings is 1. The second-order valence-electron chi connectivity index (χ2n) is 3.44. The molecule has 0 saturated heterocycles. The smallest absolute Gasteiger partial charge is 0.134 e. The molecule has 0 aliphatic heterocycles. The van der Waals surface area contributed by atoms with Crippen LogP contribution in [0.25, 0.3) is 11.3 Å². The molecule has 3 nitrogen and oxygen atoms in total. The number of nitrogens with two attached hydrogens (primary N) is 1. The van der Waals surface area contributed by atoms with Gasteiger partial charge in [0.15, 0.2) is 0 Å². The van der Waals surface area contributed by atoms with Gasteiger partial charge >= 0.3 is 0 Å². The SMILES string of the molecule is COCc1ccc(-c2ccc(N)c(Br)c2)o1. The molecule has 0 aliphatic carbocycles. The molecule has 1 aromatic carbocycles. The van der Waals surface area contributed by atoms with Gasteiger partial charge in [0, 0.05) is 22.8 Å². The topological polar surface area (TPSA) is 48.4 Å². The van der Waals surface area contributed by atoms with Crippen molar-refractivity contribution in [2.45, 2.75) is 6.61 Å².